The third-order valence-electron chi connectivity index (χ3n) is 1.11. The van der Waals surface area contributed by atoms with Gasteiger partial charge in [0.2, 0.25) is 11.8 Å². The summed E-state index contributed by atoms with van der Waals surface area (Å²) in [5, 5.41) is 3.76. The number of hydrogen-bond acceptors (Lipinski definition) is 5. The molecule has 1 heterocycles. The highest BCUT2D eigenvalue weighted by Gasteiger charge is 2.04. The maximum Gasteiger partial charge on any atom is 0.237 e. The predicted octanol–water partition coefficient (Wildman–Crippen LogP) is -0.0680. The molecule has 2 N–H and O–H groups in total. The van der Waals surface area contributed by atoms with Gasteiger partial charge in [0.1, 0.15) is 0 Å². The summed E-state index contributed by atoms with van der Waals surface area (Å²) in [4.78, 5) is 0. The number of hydrogen-bond donors (Lipinski definition) is 2. The van der Waals surface area contributed by atoms with E-state index in [0.29, 0.717) is 18.4 Å². The first-order chi connectivity index (χ1) is 5.36. The zero-order chi connectivity index (χ0) is 8.10. The van der Waals surface area contributed by atoms with Crippen molar-refractivity contribution in [2.75, 3.05) is 13.7 Å². The Hall–Kier alpha value is -1.39. The molecule has 0 aromatic carbocycles. The zero-order valence-corrected chi connectivity index (χ0v) is 6.55. The Labute approximate surface area is 65.0 Å². The second-order valence-electron chi connectivity index (χ2n) is 1.83. The largest absolute Gasteiger partial charge is 0.480 e. The lowest BCUT2D eigenvalue weighted by Gasteiger charge is -2.14. The van der Waals surface area contributed by atoms with Gasteiger partial charge in [0.25, 0.3) is 0 Å². The Morgan fingerprint density at radius 3 is 3.09 bits per heavy atom. The minimum atomic E-state index is 0.493. The van der Waals surface area contributed by atoms with Crippen molar-refractivity contribution in [2.24, 2.45) is 5.10 Å². The molecular weight excluding hydrogens is 146 g/mol. The molecular formula is C6H11N3O2. The summed E-state index contributed by atoms with van der Waals surface area (Å²) in [5.74, 6) is 1.10. The van der Waals surface area contributed by atoms with Crippen molar-refractivity contribution < 1.29 is 9.47 Å². The van der Waals surface area contributed by atoms with E-state index in [4.69, 9.17) is 9.47 Å². The predicted molar refractivity (Wildman–Crippen MR) is 40.4 cm³/mol. The number of hydrazine groups is 1. The summed E-state index contributed by atoms with van der Waals surface area (Å²) in [5.41, 5.74) is 5.25. The Balaban J connectivity index is 2.53. The van der Waals surface area contributed by atoms with Gasteiger partial charge in [0, 0.05) is 0 Å². The number of rotatable bonds is 2. The summed E-state index contributed by atoms with van der Waals surface area (Å²) in [6, 6.07) is 0. The molecule has 0 aromatic heterocycles. The molecule has 0 aliphatic carbocycles. The van der Waals surface area contributed by atoms with Crippen molar-refractivity contribution in [3.63, 3.8) is 0 Å². The van der Waals surface area contributed by atoms with Gasteiger partial charge in [0.15, 0.2) is 0 Å². The van der Waals surface area contributed by atoms with Crippen LogP contribution in [0.4, 0.5) is 0 Å². The molecule has 11 heavy (non-hydrogen) atoms. The Kier molecular flexibility index (Phi) is 2.59. The number of hydrazone groups is 1. The molecule has 1 aliphatic rings. The standard InChI is InChI=1S/C6H11N3O2/c1-3-11-6-4-5(10-2)7-9-8-6/h4,8-9H,3H2,1-2H3. The van der Waals surface area contributed by atoms with E-state index in [1.807, 2.05) is 6.92 Å². The SMILES string of the molecule is CCOC1=CC(OC)=NNN1. The number of ether oxygens (including phenoxy) is 2. The first kappa shape index (κ1) is 7.71. The van der Waals surface area contributed by atoms with Crippen molar-refractivity contribution in [1.29, 1.82) is 0 Å². The molecule has 5 nitrogen and oxygen atoms in total. The summed E-state index contributed by atoms with van der Waals surface area (Å²) in [6.45, 7) is 2.51. The van der Waals surface area contributed by atoms with E-state index < -0.39 is 0 Å². The smallest absolute Gasteiger partial charge is 0.237 e. The van der Waals surface area contributed by atoms with Crippen LogP contribution in [0.2, 0.25) is 0 Å². The molecule has 1 rings (SSSR count). The molecule has 0 spiro atoms. The first-order valence-electron chi connectivity index (χ1n) is 3.34. The van der Waals surface area contributed by atoms with Gasteiger partial charge < -0.3 is 9.47 Å². The van der Waals surface area contributed by atoms with Gasteiger partial charge in [-0.2, -0.15) is 0 Å². The van der Waals surface area contributed by atoms with Gasteiger partial charge >= 0.3 is 0 Å². The average Bonchev–Trinajstić information content (AvgIpc) is 2.06. The van der Waals surface area contributed by atoms with Crippen LogP contribution in [0.3, 0.4) is 0 Å². The summed E-state index contributed by atoms with van der Waals surface area (Å²) in [7, 11) is 1.55. The molecule has 62 valence electrons. The average molecular weight is 157 g/mol. The van der Waals surface area contributed by atoms with Crippen molar-refractivity contribution in [3.05, 3.63) is 12.0 Å². The van der Waals surface area contributed by atoms with E-state index in [2.05, 4.69) is 16.1 Å². The maximum absolute atomic E-state index is 5.14. The second-order valence-corrected chi connectivity index (χ2v) is 1.83. The minimum absolute atomic E-state index is 0.493. The number of nitrogens with one attached hydrogen (secondary N) is 2. The van der Waals surface area contributed by atoms with Crippen LogP contribution < -0.4 is 11.0 Å². The van der Waals surface area contributed by atoms with Crippen LogP contribution in [0.25, 0.3) is 0 Å². The quantitative estimate of drug-likeness (QED) is 0.589. The van der Waals surface area contributed by atoms with Crippen LogP contribution in [0, 0.1) is 0 Å². The number of methoxy groups -OCH3 is 1. The van der Waals surface area contributed by atoms with Crippen LogP contribution in [-0.2, 0) is 9.47 Å². The zero-order valence-electron chi connectivity index (χ0n) is 6.55. The van der Waals surface area contributed by atoms with E-state index in [-0.39, 0.29) is 0 Å². The van der Waals surface area contributed by atoms with E-state index >= 15 is 0 Å². The van der Waals surface area contributed by atoms with Crippen LogP contribution >= 0.6 is 0 Å². The summed E-state index contributed by atoms with van der Waals surface area (Å²) >= 11 is 0. The third kappa shape index (κ3) is 2.03. The lowest BCUT2D eigenvalue weighted by atomic mass is 10.5. The van der Waals surface area contributed by atoms with Crippen molar-refractivity contribution in [2.45, 2.75) is 6.92 Å². The molecule has 0 atom stereocenters. The van der Waals surface area contributed by atoms with E-state index in [1.165, 1.54) is 0 Å². The Morgan fingerprint density at radius 2 is 2.45 bits per heavy atom. The van der Waals surface area contributed by atoms with Gasteiger partial charge in [0.05, 0.1) is 19.8 Å². The molecule has 5 heteroatoms. The molecule has 1 aliphatic heterocycles. The van der Waals surface area contributed by atoms with Gasteiger partial charge in [-0.25, -0.2) is 5.53 Å². The molecule has 0 aromatic rings. The monoisotopic (exact) mass is 157 g/mol. The fourth-order valence-electron chi connectivity index (χ4n) is 0.656. The minimum Gasteiger partial charge on any atom is -0.480 e. The first-order valence-corrected chi connectivity index (χ1v) is 3.34. The molecule has 0 saturated heterocycles. The fourth-order valence-corrected chi connectivity index (χ4v) is 0.656. The van der Waals surface area contributed by atoms with Crippen molar-refractivity contribution in [1.82, 2.24) is 11.0 Å². The second kappa shape index (κ2) is 3.70. The maximum atomic E-state index is 5.14. The molecule has 0 unspecified atom stereocenters. The highest BCUT2D eigenvalue weighted by atomic mass is 16.5. The Morgan fingerprint density at radius 1 is 1.64 bits per heavy atom. The molecule has 0 bridgehead atoms. The van der Waals surface area contributed by atoms with Crippen LogP contribution in [-0.4, -0.2) is 19.6 Å². The van der Waals surface area contributed by atoms with Crippen LogP contribution in [0.1, 0.15) is 6.92 Å². The molecule has 0 radical (unpaired) electrons. The van der Waals surface area contributed by atoms with Gasteiger partial charge in [-0.05, 0) is 6.92 Å². The van der Waals surface area contributed by atoms with Gasteiger partial charge in [-0.1, -0.05) is 0 Å². The van der Waals surface area contributed by atoms with E-state index in [9.17, 15) is 0 Å². The topological polar surface area (TPSA) is 54.9 Å². The lowest BCUT2D eigenvalue weighted by Crippen LogP contribution is -2.33. The highest BCUT2D eigenvalue weighted by Crippen LogP contribution is 1.96. The van der Waals surface area contributed by atoms with Crippen molar-refractivity contribution in [3.8, 4) is 0 Å². The van der Waals surface area contributed by atoms with Gasteiger partial charge in [-0.3, -0.25) is 5.43 Å². The highest BCUT2D eigenvalue weighted by molar-refractivity contribution is 5.88. The molecule has 0 amide bonds. The number of nitrogens with zero attached hydrogens (tertiary/aromatic N) is 1. The Bertz CT molecular complexity index is 188. The van der Waals surface area contributed by atoms with Crippen LogP contribution in [0.15, 0.2) is 17.1 Å². The van der Waals surface area contributed by atoms with Gasteiger partial charge in [-0.15, -0.1) is 5.10 Å². The van der Waals surface area contributed by atoms with E-state index in [0.717, 1.165) is 0 Å². The molecule has 0 saturated carbocycles. The lowest BCUT2D eigenvalue weighted by molar-refractivity contribution is 0.192. The van der Waals surface area contributed by atoms with Crippen LogP contribution in [0.5, 0.6) is 0 Å². The third-order valence-corrected chi connectivity index (χ3v) is 1.11. The molecule has 0 fully saturated rings. The fraction of sp³-hybridized carbons (Fsp3) is 0.500. The normalized spacial score (nSPS) is 15.5. The summed E-state index contributed by atoms with van der Waals surface area (Å²) in [6.07, 6.45) is 1.67. The van der Waals surface area contributed by atoms with E-state index in [1.54, 1.807) is 13.2 Å². The van der Waals surface area contributed by atoms with Crippen molar-refractivity contribution >= 4 is 5.90 Å². The summed E-state index contributed by atoms with van der Waals surface area (Å²) < 4.78 is 10.0.